The van der Waals surface area contributed by atoms with Crippen LogP contribution in [0.15, 0.2) is 39.6 Å². The predicted octanol–water partition coefficient (Wildman–Crippen LogP) is 2.57. The van der Waals surface area contributed by atoms with Crippen molar-refractivity contribution in [2.45, 2.75) is 6.04 Å². The molecule has 68 valence electrons. The van der Waals surface area contributed by atoms with Crippen molar-refractivity contribution in [1.82, 2.24) is 0 Å². The number of nitrogens with two attached hydrogens (primary N) is 1. The Morgan fingerprint density at radius 3 is 2.62 bits per heavy atom. The highest BCUT2D eigenvalue weighted by Gasteiger charge is 2.16. The molecule has 0 aliphatic rings. The first-order chi connectivity index (χ1) is 6.29. The lowest BCUT2D eigenvalue weighted by Gasteiger charge is -2.05. The van der Waals surface area contributed by atoms with E-state index < -0.39 is 0 Å². The van der Waals surface area contributed by atoms with Crippen molar-refractivity contribution in [3.05, 3.63) is 47.3 Å². The van der Waals surface area contributed by atoms with Crippen LogP contribution < -0.4 is 5.73 Å². The lowest BCUT2D eigenvalue weighted by Crippen LogP contribution is -2.10. The van der Waals surface area contributed by atoms with Crippen LogP contribution >= 0.6 is 11.6 Å². The van der Waals surface area contributed by atoms with E-state index in [9.17, 15) is 0 Å². The fourth-order valence-corrected chi connectivity index (χ4v) is 1.38. The molecule has 0 aromatic carbocycles. The molecule has 0 radical (unpaired) electrons. The minimum atomic E-state index is -0.360. The summed E-state index contributed by atoms with van der Waals surface area (Å²) in [6, 6.07) is 4.95. The summed E-state index contributed by atoms with van der Waals surface area (Å²) in [5.74, 6) is 0.670. The van der Waals surface area contributed by atoms with E-state index in [1.807, 2.05) is 0 Å². The molecular weight excluding hydrogens is 190 g/mol. The van der Waals surface area contributed by atoms with E-state index >= 15 is 0 Å². The van der Waals surface area contributed by atoms with Gasteiger partial charge in [0.15, 0.2) is 5.22 Å². The SMILES string of the molecule is NC(c1ccco1)c1ccoc1Cl. The lowest BCUT2D eigenvalue weighted by atomic mass is 10.1. The Kier molecular flexibility index (Phi) is 2.12. The molecule has 4 heteroatoms. The van der Waals surface area contributed by atoms with E-state index in [4.69, 9.17) is 26.2 Å². The zero-order valence-electron chi connectivity index (χ0n) is 6.74. The van der Waals surface area contributed by atoms with E-state index in [-0.39, 0.29) is 6.04 Å². The van der Waals surface area contributed by atoms with Crippen LogP contribution in [0, 0.1) is 0 Å². The Morgan fingerprint density at radius 1 is 1.23 bits per heavy atom. The first-order valence-electron chi connectivity index (χ1n) is 3.81. The Labute approximate surface area is 80.1 Å². The van der Waals surface area contributed by atoms with Gasteiger partial charge in [0, 0.05) is 5.56 Å². The van der Waals surface area contributed by atoms with E-state index in [1.54, 1.807) is 24.5 Å². The van der Waals surface area contributed by atoms with Crippen LogP contribution in [0.25, 0.3) is 0 Å². The smallest absolute Gasteiger partial charge is 0.198 e. The molecule has 1 atom stereocenters. The number of rotatable bonds is 2. The largest absolute Gasteiger partial charge is 0.467 e. The van der Waals surface area contributed by atoms with Gasteiger partial charge in [0.25, 0.3) is 0 Å². The fourth-order valence-electron chi connectivity index (χ4n) is 1.15. The van der Waals surface area contributed by atoms with Crippen LogP contribution in [0.2, 0.25) is 5.22 Å². The van der Waals surface area contributed by atoms with Crippen molar-refractivity contribution in [2.24, 2.45) is 5.73 Å². The summed E-state index contributed by atoms with van der Waals surface area (Å²) < 4.78 is 10.1. The maximum Gasteiger partial charge on any atom is 0.198 e. The van der Waals surface area contributed by atoms with Crippen LogP contribution in [-0.4, -0.2) is 0 Å². The van der Waals surface area contributed by atoms with Gasteiger partial charge in [-0.2, -0.15) is 0 Å². The molecule has 0 saturated carbocycles. The lowest BCUT2D eigenvalue weighted by molar-refractivity contribution is 0.486. The van der Waals surface area contributed by atoms with Gasteiger partial charge < -0.3 is 14.6 Å². The molecule has 3 nitrogen and oxygen atoms in total. The predicted molar refractivity (Wildman–Crippen MR) is 48.5 cm³/mol. The van der Waals surface area contributed by atoms with Crippen molar-refractivity contribution in [2.75, 3.05) is 0 Å². The van der Waals surface area contributed by atoms with Crippen LogP contribution in [0.4, 0.5) is 0 Å². The van der Waals surface area contributed by atoms with Crippen LogP contribution in [-0.2, 0) is 0 Å². The average molecular weight is 198 g/mol. The summed E-state index contributed by atoms with van der Waals surface area (Å²) in [6.07, 6.45) is 3.07. The van der Waals surface area contributed by atoms with Crippen molar-refractivity contribution in [3.63, 3.8) is 0 Å². The maximum absolute atomic E-state index is 5.87. The molecule has 0 spiro atoms. The summed E-state index contributed by atoms with van der Waals surface area (Å²) >= 11 is 5.76. The Morgan fingerprint density at radius 2 is 2.08 bits per heavy atom. The molecule has 1 unspecified atom stereocenters. The van der Waals surface area contributed by atoms with Gasteiger partial charge in [-0.1, -0.05) is 0 Å². The van der Waals surface area contributed by atoms with Gasteiger partial charge >= 0.3 is 0 Å². The first kappa shape index (κ1) is 8.41. The zero-order valence-corrected chi connectivity index (χ0v) is 7.49. The normalized spacial score (nSPS) is 13.1. The molecule has 0 bridgehead atoms. The molecule has 13 heavy (non-hydrogen) atoms. The van der Waals surface area contributed by atoms with E-state index in [2.05, 4.69) is 0 Å². The van der Waals surface area contributed by atoms with E-state index in [0.29, 0.717) is 11.0 Å². The Balaban J connectivity index is 2.33. The van der Waals surface area contributed by atoms with E-state index in [1.165, 1.54) is 6.26 Å². The number of halogens is 1. The summed E-state index contributed by atoms with van der Waals surface area (Å²) in [6.45, 7) is 0. The monoisotopic (exact) mass is 197 g/mol. The van der Waals surface area contributed by atoms with E-state index in [0.717, 1.165) is 5.56 Å². The van der Waals surface area contributed by atoms with Crippen LogP contribution in [0.3, 0.4) is 0 Å². The van der Waals surface area contributed by atoms with Crippen molar-refractivity contribution < 1.29 is 8.83 Å². The third kappa shape index (κ3) is 1.48. The van der Waals surface area contributed by atoms with Gasteiger partial charge in [0.2, 0.25) is 0 Å². The standard InChI is InChI=1S/C9H8ClNO2/c10-9-6(3-5-13-9)8(11)7-2-1-4-12-7/h1-5,8H,11H2. The highest BCUT2D eigenvalue weighted by atomic mass is 35.5. The molecule has 0 aliphatic carbocycles. The molecule has 2 N–H and O–H groups in total. The Bertz CT molecular complexity index is 380. The molecule has 0 aliphatic heterocycles. The topological polar surface area (TPSA) is 52.3 Å². The zero-order chi connectivity index (χ0) is 9.26. The molecule has 0 amide bonds. The van der Waals surface area contributed by atoms with Crippen molar-refractivity contribution in [1.29, 1.82) is 0 Å². The molecule has 2 rings (SSSR count). The third-order valence-electron chi connectivity index (χ3n) is 1.83. The molecular formula is C9H8ClNO2. The van der Waals surface area contributed by atoms with Gasteiger partial charge in [-0.05, 0) is 29.8 Å². The van der Waals surface area contributed by atoms with Crippen molar-refractivity contribution in [3.8, 4) is 0 Å². The van der Waals surface area contributed by atoms with Gasteiger partial charge in [-0.25, -0.2) is 0 Å². The molecule has 0 fully saturated rings. The highest BCUT2D eigenvalue weighted by Crippen LogP contribution is 2.27. The Hall–Kier alpha value is -1.19. The summed E-state index contributed by atoms with van der Waals surface area (Å²) in [4.78, 5) is 0. The highest BCUT2D eigenvalue weighted by molar-refractivity contribution is 6.29. The summed E-state index contributed by atoms with van der Waals surface area (Å²) in [5.41, 5.74) is 6.60. The van der Waals surface area contributed by atoms with Gasteiger partial charge in [-0.3, -0.25) is 0 Å². The number of furan rings is 2. The second-order valence-corrected chi connectivity index (χ2v) is 2.99. The maximum atomic E-state index is 5.87. The molecule has 2 aromatic rings. The van der Waals surface area contributed by atoms with Crippen LogP contribution in [0.5, 0.6) is 0 Å². The first-order valence-corrected chi connectivity index (χ1v) is 4.18. The second-order valence-electron chi connectivity index (χ2n) is 2.64. The summed E-state index contributed by atoms with van der Waals surface area (Å²) in [5, 5.41) is 0.309. The minimum Gasteiger partial charge on any atom is -0.467 e. The number of hydrogen-bond acceptors (Lipinski definition) is 3. The molecule has 0 saturated heterocycles. The fraction of sp³-hybridized carbons (Fsp3) is 0.111. The minimum absolute atomic E-state index is 0.309. The van der Waals surface area contributed by atoms with Gasteiger partial charge in [0.1, 0.15) is 5.76 Å². The van der Waals surface area contributed by atoms with Gasteiger partial charge in [-0.15, -0.1) is 0 Å². The van der Waals surface area contributed by atoms with Crippen LogP contribution in [0.1, 0.15) is 17.4 Å². The van der Waals surface area contributed by atoms with Gasteiger partial charge in [0.05, 0.1) is 18.6 Å². The molecule has 2 aromatic heterocycles. The third-order valence-corrected chi connectivity index (χ3v) is 2.14. The molecule has 2 heterocycles. The quantitative estimate of drug-likeness (QED) is 0.805. The number of hydrogen-bond donors (Lipinski definition) is 1. The second kappa shape index (κ2) is 3.28. The van der Waals surface area contributed by atoms with Crippen molar-refractivity contribution >= 4 is 11.6 Å². The average Bonchev–Trinajstić information content (AvgIpc) is 2.72. The summed E-state index contributed by atoms with van der Waals surface area (Å²) in [7, 11) is 0.